The summed E-state index contributed by atoms with van der Waals surface area (Å²) in [6.45, 7) is 3.43. The Balaban J connectivity index is 2.00. The fourth-order valence-corrected chi connectivity index (χ4v) is 3.10. The molecule has 2 unspecified atom stereocenters. The molecule has 1 saturated carbocycles. The Morgan fingerprint density at radius 1 is 1.38 bits per heavy atom. The van der Waals surface area contributed by atoms with Crippen LogP contribution < -0.4 is 0 Å². The highest BCUT2D eigenvalue weighted by atomic mass is 16.3. The lowest BCUT2D eigenvalue weighted by molar-refractivity contribution is 0.109. The Bertz CT molecular complexity index is 186. The summed E-state index contributed by atoms with van der Waals surface area (Å²) in [4.78, 5) is 2.29. The van der Waals surface area contributed by atoms with Crippen LogP contribution in [0, 0.1) is 11.3 Å². The fraction of sp³-hybridized carbons (Fsp3) is 1.00. The number of fused-ring (bicyclic) bond motifs is 1. The summed E-state index contributed by atoms with van der Waals surface area (Å²) in [6, 6.07) is 0. The standard InChI is InChI=1S/C10H19NO2/c12-5-4-11-6-9-2-1-3-10(9,7-11)8-13/h9,12-13H,1-8H2. The second kappa shape index (κ2) is 3.56. The first-order valence-electron chi connectivity index (χ1n) is 5.25. The van der Waals surface area contributed by atoms with E-state index in [2.05, 4.69) is 4.90 Å². The molecule has 2 N–H and O–H groups in total. The Kier molecular flexibility index (Phi) is 2.58. The number of rotatable bonds is 3. The van der Waals surface area contributed by atoms with Crippen molar-refractivity contribution >= 4 is 0 Å². The smallest absolute Gasteiger partial charge is 0.0558 e. The van der Waals surface area contributed by atoms with E-state index in [1.807, 2.05) is 0 Å². The van der Waals surface area contributed by atoms with Gasteiger partial charge in [-0.25, -0.2) is 0 Å². The van der Waals surface area contributed by atoms with Crippen molar-refractivity contribution < 1.29 is 10.2 Å². The van der Waals surface area contributed by atoms with E-state index in [1.54, 1.807) is 0 Å². The zero-order chi connectivity index (χ0) is 9.31. The quantitative estimate of drug-likeness (QED) is 0.654. The van der Waals surface area contributed by atoms with Crippen LogP contribution in [0.15, 0.2) is 0 Å². The SMILES string of the molecule is OCCN1CC2CCCC2(CO)C1. The molecule has 2 fully saturated rings. The molecule has 0 bridgehead atoms. The van der Waals surface area contributed by atoms with Gasteiger partial charge in [0.05, 0.1) is 13.2 Å². The predicted molar refractivity (Wildman–Crippen MR) is 50.4 cm³/mol. The maximum atomic E-state index is 9.42. The van der Waals surface area contributed by atoms with Gasteiger partial charge in [-0.15, -0.1) is 0 Å². The molecule has 2 rings (SSSR count). The van der Waals surface area contributed by atoms with Gasteiger partial charge in [-0.1, -0.05) is 6.42 Å². The fourth-order valence-electron chi connectivity index (χ4n) is 3.10. The van der Waals surface area contributed by atoms with Crippen molar-refractivity contribution in [3.8, 4) is 0 Å². The molecule has 0 aromatic rings. The third-order valence-corrected chi connectivity index (χ3v) is 3.84. The first kappa shape index (κ1) is 9.44. The predicted octanol–water partition coefficient (Wildman–Crippen LogP) is 0.0731. The van der Waals surface area contributed by atoms with Gasteiger partial charge in [0.25, 0.3) is 0 Å². The lowest BCUT2D eigenvalue weighted by atomic mass is 9.82. The van der Waals surface area contributed by atoms with Crippen molar-refractivity contribution in [1.82, 2.24) is 4.90 Å². The third kappa shape index (κ3) is 1.49. The molecule has 1 aliphatic heterocycles. The van der Waals surface area contributed by atoms with Gasteiger partial charge in [-0.05, 0) is 18.8 Å². The average molecular weight is 185 g/mol. The summed E-state index contributed by atoms with van der Waals surface area (Å²) >= 11 is 0. The first-order valence-corrected chi connectivity index (χ1v) is 5.25. The highest BCUT2D eigenvalue weighted by Gasteiger charge is 2.48. The molecule has 13 heavy (non-hydrogen) atoms. The highest BCUT2D eigenvalue weighted by molar-refractivity contribution is 5.00. The number of hydrogen-bond acceptors (Lipinski definition) is 3. The Labute approximate surface area is 79.4 Å². The van der Waals surface area contributed by atoms with E-state index >= 15 is 0 Å². The molecule has 0 amide bonds. The van der Waals surface area contributed by atoms with Crippen LogP contribution in [0.1, 0.15) is 19.3 Å². The normalized spacial score (nSPS) is 39.7. The molecular formula is C10H19NO2. The molecule has 1 saturated heterocycles. The van der Waals surface area contributed by atoms with Crippen molar-refractivity contribution in [2.75, 3.05) is 32.8 Å². The second-order valence-corrected chi connectivity index (χ2v) is 4.57. The van der Waals surface area contributed by atoms with Crippen LogP contribution in [0.5, 0.6) is 0 Å². The summed E-state index contributed by atoms with van der Waals surface area (Å²) < 4.78 is 0. The minimum Gasteiger partial charge on any atom is -0.396 e. The van der Waals surface area contributed by atoms with Crippen LogP contribution in [0.3, 0.4) is 0 Å². The van der Waals surface area contributed by atoms with Crippen LogP contribution in [-0.2, 0) is 0 Å². The molecule has 3 heteroatoms. The van der Waals surface area contributed by atoms with E-state index in [0.717, 1.165) is 19.6 Å². The third-order valence-electron chi connectivity index (χ3n) is 3.84. The maximum absolute atomic E-state index is 9.42. The van der Waals surface area contributed by atoms with Gasteiger partial charge in [0.1, 0.15) is 0 Å². The van der Waals surface area contributed by atoms with E-state index < -0.39 is 0 Å². The maximum Gasteiger partial charge on any atom is 0.0558 e. The van der Waals surface area contributed by atoms with Crippen LogP contribution in [0.25, 0.3) is 0 Å². The number of aliphatic hydroxyl groups is 2. The van der Waals surface area contributed by atoms with Crippen LogP contribution in [0.2, 0.25) is 0 Å². The summed E-state index contributed by atoms with van der Waals surface area (Å²) in [6.07, 6.45) is 3.72. The van der Waals surface area contributed by atoms with Crippen molar-refractivity contribution in [3.63, 3.8) is 0 Å². The molecule has 0 aromatic heterocycles. The molecule has 3 nitrogen and oxygen atoms in total. The van der Waals surface area contributed by atoms with Gasteiger partial charge in [0.15, 0.2) is 0 Å². The Morgan fingerprint density at radius 3 is 2.85 bits per heavy atom. The van der Waals surface area contributed by atoms with E-state index in [-0.39, 0.29) is 12.0 Å². The van der Waals surface area contributed by atoms with Crippen LogP contribution in [0.4, 0.5) is 0 Å². The molecule has 2 aliphatic rings. The molecule has 0 aromatic carbocycles. The van der Waals surface area contributed by atoms with Gasteiger partial charge in [-0.2, -0.15) is 0 Å². The summed E-state index contributed by atoms with van der Waals surface area (Å²) in [5.41, 5.74) is 0.190. The largest absolute Gasteiger partial charge is 0.396 e. The lowest BCUT2D eigenvalue weighted by Crippen LogP contribution is -2.31. The number of nitrogens with zero attached hydrogens (tertiary/aromatic N) is 1. The van der Waals surface area contributed by atoms with E-state index in [1.165, 1.54) is 19.3 Å². The van der Waals surface area contributed by atoms with Crippen molar-refractivity contribution in [3.05, 3.63) is 0 Å². The summed E-state index contributed by atoms with van der Waals surface area (Å²) in [5.74, 6) is 0.684. The molecule has 0 spiro atoms. The number of aliphatic hydroxyl groups excluding tert-OH is 2. The Hall–Kier alpha value is -0.120. The monoisotopic (exact) mass is 185 g/mol. The molecule has 76 valence electrons. The molecular weight excluding hydrogens is 166 g/mol. The number of β-amino-alcohol motifs (C(OH)–C–C–N with tert-alkyl or cyclic N) is 1. The summed E-state index contributed by atoms with van der Waals surface area (Å²) in [7, 11) is 0. The molecule has 1 aliphatic carbocycles. The van der Waals surface area contributed by atoms with Crippen LogP contribution in [-0.4, -0.2) is 48.0 Å². The topological polar surface area (TPSA) is 43.7 Å². The van der Waals surface area contributed by atoms with Gasteiger partial charge in [0.2, 0.25) is 0 Å². The van der Waals surface area contributed by atoms with Gasteiger partial charge in [0, 0.05) is 25.0 Å². The van der Waals surface area contributed by atoms with Crippen molar-refractivity contribution in [2.45, 2.75) is 19.3 Å². The van der Waals surface area contributed by atoms with E-state index in [4.69, 9.17) is 5.11 Å². The Morgan fingerprint density at radius 2 is 2.23 bits per heavy atom. The first-order chi connectivity index (χ1) is 6.30. The van der Waals surface area contributed by atoms with Crippen LogP contribution >= 0.6 is 0 Å². The second-order valence-electron chi connectivity index (χ2n) is 4.57. The van der Waals surface area contributed by atoms with E-state index in [9.17, 15) is 5.11 Å². The number of likely N-dealkylation sites (tertiary alicyclic amines) is 1. The minimum atomic E-state index is 0.190. The lowest BCUT2D eigenvalue weighted by Gasteiger charge is -2.25. The van der Waals surface area contributed by atoms with Crippen molar-refractivity contribution in [1.29, 1.82) is 0 Å². The van der Waals surface area contributed by atoms with E-state index in [0.29, 0.717) is 12.5 Å². The van der Waals surface area contributed by atoms with Crippen molar-refractivity contribution in [2.24, 2.45) is 11.3 Å². The van der Waals surface area contributed by atoms with Gasteiger partial charge < -0.3 is 15.1 Å². The minimum absolute atomic E-state index is 0.190. The zero-order valence-electron chi connectivity index (χ0n) is 8.08. The molecule has 0 radical (unpaired) electrons. The van der Waals surface area contributed by atoms with Gasteiger partial charge in [-0.3, -0.25) is 0 Å². The number of hydrogen-bond donors (Lipinski definition) is 2. The highest BCUT2D eigenvalue weighted by Crippen LogP contribution is 2.47. The molecule has 2 atom stereocenters. The average Bonchev–Trinajstić information content (AvgIpc) is 2.61. The zero-order valence-corrected chi connectivity index (χ0v) is 8.08. The van der Waals surface area contributed by atoms with Gasteiger partial charge >= 0.3 is 0 Å². The molecule has 1 heterocycles. The summed E-state index contributed by atoms with van der Waals surface area (Å²) in [5, 5.41) is 18.3.